The van der Waals surface area contributed by atoms with Crippen LogP contribution in [0.25, 0.3) is 0 Å². The van der Waals surface area contributed by atoms with Gasteiger partial charge in [-0.1, -0.05) is 0 Å². The van der Waals surface area contributed by atoms with Crippen LogP contribution in [0.3, 0.4) is 0 Å². The average Bonchev–Trinajstić information content (AvgIpc) is 2.97. The fraction of sp³-hybridized carbons (Fsp3) is 0.786. The number of ether oxygens (including phenoxy) is 3. The number of hydrogen-bond acceptors (Lipinski definition) is 6. The van der Waals surface area contributed by atoms with E-state index in [1.54, 1.807) is 20.8 Å². The highest BCUT2D eigenvalue weighted by molar-refractivity contribution is 5.98. The Morgan fingerprint density at radius 2 is 2.10 bits per heavy atom. The number of amides is 1. The Bertz CT molecular complexity index is 510. The van der Waals surface area contributed by atoms with Gasteiger partial charge in [-0.2, -0.15) is 0 Å². The van der Waals surface area contributed by atoms with Gasteiger partial charge in [-0.25, -0.2) is 4.79 Å². The first-order valence-corrected chi connectivity index (χ1v) is 7.12. The number of hydrogen-bond donors (Lipinski definition) is 1. The highest BCUT2D eigenvalue weighted by atomic mass is 16.6. The number of carbonyl (C=O) groups excluding carboxylic acids is 3. The average molecular weight is 297 g/mol. The van der Waals surface area contributed by atoms with Crippen LogP contribution >= 0.6 is 0 Å². The first-order chi connectivity index (χ1) is 9.72. The quantitative estimate of drug-likeness (QED) is 0.597. The number of rotatable bonds is 2. The summed E-state index contributed by atoms with van der Waals surface area (Å²) in [5.41, 5.74) is -1.43. The second kappa shape index (κ2) is 4.43. The molecule has 0 aromatic heterocycles. The van der Waals surface area contributed by atoms with E-state index in [1.807, 2.05) is 0 Å². The molecule has 0 radical (unpaired) electrons. The van der Waals surface area contributed by atoms with Crippen LogP contribution in [0.5, 0.6) is 0 Å². The lowest BCUT2D eigenvalue weighted by Crippen LogP contribution is -2.49. The summed E-state index contributed by atoms with van der Waals surface area (Å²) in [6.07, 6.45) is 0.468. The van der Waals surface area contributed by atoms with Gasteiger partial charge in [0.25, 0.3) is 0 Å². The maximum atomic E-state index is 11.9. The molecule has 2 bridgehead atoms. The third kappa shape index (κ3) is 2.29. The Morgan fingerprint density at radius 1 is 1.38 bits per heavy atom. The van der Waals surface area contributed by atoms with Crippen LogP contribution < -0.4 is 5.32 Å². The third-order valence-electron chi connectivity index (χ3n) is 4.22. The molecule has 3 rings (SSSR count). The molecule has 4 atom stereocenters. The van der Waals surface area contributed by atoms with Crippen molar-refractivity contribution in [1.29, 1.82) is 0 Å². The van der Waals surface area contributed by atoms with E-state index in [4.69, 9.17) is 14.2 Å². The molecule has 0 saturated carbocycles. The Hall–Kier alpha value is -1.63. The van der Waals surface area contributed by atoms with Crippen LogP contribution in [0, 0.1) is 11.8 Å². The van der Waals surface area contributed by atoms with E-state index in [-0.39, 0.29) is 12.6 Å². The first-order valence-electron chi connectivity index (χ1n) is 7.12. The molecule has 3 aliphatic heterocycles. The van der Waals surface area contributed by atoms with E-state index in [0.29, 0.717) is 12.8 Å². The maximum absolute atomic E-state index is 11.9. The summed E-state index contributed by atoms with van der Waals surface area (Å²) in [4.78, 5) is 35.3. The second-order valence-corrected chi connectivity index (χ2v) is 6.86. The highest BCUT2D eigenvalue weighted by Gasteiger charge is 2.68. The molecule has 3 heterocycles. The highest BCUT2D eigenvalue weighted by Crippen LogP contribution is 2.54. The van der Waals surface area contributed by atoms with E-state index >= 15 is 0 Å². The van der Waals surface area contributed by atoms with Crippen molar-refractivity contribution < 1.29 is 28.6 Å². The summed E-state index contributed by atoms with van der Waals surface area (Å²) in [6.45, 7) is 5.45. The van der Waals surface area contributed by atoms with Crippen molar-refractivity contribution in [2.45, 2.75) is 50.9 Å². The molecular formula is C14H19NO6. The third-order valence-corrected chi connectivity index (χ3v) is 4.22. The summed E-state index contributed by atoms with van der Waals surface area (Å²) >= 11 is 0. The molecule has 0 aliphatic carbocycles. The van der Waals surface area contributed by atoms with Gasteiger partial charge in [-0.3, -0.25) is 9.59 Å². The number of cyclic esters (lactones) is 2. The van der Waals surface area contributed by atoms with Gasteiger partial charge in [0.05, 0.1) is 18.6 Å². The molecule has 0 spiro atoms. The lowest BCUT2D eigenvalue weighted by atomic mass is 9.73. The van der Waals surface area contributed by atoms with Gasteiger partial charge in [0.2, 0.25) is 0 Å². The van der Waals surface area contributed by atoms with Gasteiger partial charge in [-0.05, 0) is 33.6 Å². The van der Waals surface area contributed by atoms with Crippen molar-refractivity contribution in [2.24, 2.45) is 11.8 Å². The fourth-order valence-corrected chi connectivity index (χ4v) is 3.49. The van der Waals surface area contributed by atoms with Crippen LogP contribution in [-0.4, -0.2) is 41.9 Å². The molecule has 116 valence electrons. The monoisotopic (exact) mass is 297 g/mol. The van der Waals surface area contributed by atoms with Crippen molar-refractivity contribution in [1.82, 2.24) is 5.32 Å². The van der Waals surface area contributed by atoms with E-state index in [9.17, 15) is 14.4 Å². The topological polar surface area (TPSA) is 90.9 Å². The van der Waals surface area contributed by atoms with Gasteiger partial charge in [0.15, 0.2) is 0 Å². The minimum atomic E-state index is -0.838. The number of alkyl carbamates (subject to hydrolysis) is 1. The van der Waals surface area contributed by atoms with E-state index in [1.165, 1.54) is 0 Å². The van der Waals surface area contributed by atoms with Crippen LogP contribution in [0.4, 0.5) is 4.79 Å². The van der Waals surface area contributed by atoms with Gasteiger partial charge in [0.1, 0.15) is 17.1 Å². The van der Waals surface area contributed by atoms with Gasteiger partial charge in [0, 0.05) is 0 Å². The molecule has 1 amide bonds. The molecule has 7 nitrogen and oxygen atoms in total. The van der Waals surface area contributed by atoms with Gasteiger partial charge < -0.3 is 19.5 Å². The van der Waals surface area contributed by atoms with E-state index in [0.717, 1.165) is 0 Å². The van der Waals surface area contributed by atoms with Crippen molar-refractivity contribution >= 4 is 18.0 Å². The van der Waals surface area contributed by atoms with Gasteiger partial charge >= 0.3 is 18.0 Å². The number of nitrogens with one attached hydrogen (secondary N) is 1. The molecule has 0 aromatic rings. The summed E-state index contributed by atoms with van der Waals surface area (Å²) in [5, 5.41) is 2.64. The molecule has 3 fully saturated rings. The van der Waals surface area contributed by atoms with Crippen LogP contribution in [0.2, 0.25) is 0 Å². The zero-order valence-electron chi connectivity index (χ0n) is 12.3. The van der Waals surface area contributed by atoms with Crippen LogP contribution in [0.1, 0.15) is 33.6 Å². The molecule has 0 unspecified atom stereocenters. The molecule has 7 heteroatoms. The Morgan fingerprint density at radius 3 is 2.76 bits per heavy atom. The summed E-state index contributed by atoms with van der Waals surface area (Å²) in [7, 11) is 0. The molecule has 21 heavy (non-hydrogen) atoms. The minimum absolute atomic E-state index is 0.141. The lowest BCUT2D eigenvalue weighted by molar-refractivity contribution is -0.158. The first kappa shape index (κ1) is 14.3. The summed E-state index contributed by atoms with van der Waals surface area (Å²) < 4.78 is 15.7. The largest absolute Gasteiger partial charge is 0.444 e. The molecule has 3 saturated heterocycles. The number of fused-ring (bicyclic) bond motifs is 5. The van der Waals surface area contributed by atoms with Crippen molar-refractivity contribution in [3.63, 3.8) is 0 Å². The molecule has 3 aliphatic rings. The van der Waals surface area contributed by atoms with Crippen molar-refractivity contribution in [3.05, 3.63) is 0 Å². The Kier molecular flexibility index (Phi) is 3.02. The normalized spacial score (nSPS) is 37.4. The molecular weight excluding hydrogens is 278 g/mol. The van der Waals surface area contributed by atoms with Crippen LogP contribution in [0.15, 0.2) is 0 Å². The Balaban J connectivity index is 1.69. The maximum Gasteiger partial charge on any atom is 0.407 e. The minimum Gasteiger partial charge on any atom is -0.444 e. The number of carbonyl (C=O) groups is 3. The number of esters is 2. The SMILES string of the molecule is CC(C)(C)OC(=O)NC[C@]12CC[C@H](O1)[C@@H]1C(=O)OC(=O)[C@@H]12. The second-order valence-electron chi connectivity index (χ2n) is 6.86. The van der Waals surface area contributed by atoms with E-state index in [2.05, 4.69) is 5.32 Å². The Labute approximate surface area is 122 Å². The summed E-state index contributed by atoms with van der Waals surface area (Å²) in [6, 6.07) is 0. The van der Waals surface area contributed by atoms with E-state index < -0.39 is 41.1 Å². The molecule has 0 aromatic carbocycles. The van der Waals surface area contributed by atoms with Crippen molar-refractivity contribution in [3.8, 4) is 0 Å². The van der Waals surface area contributed by atoms with Gasteiger partial charge in [-0.15, -0.1) is 0 Å². The predicted molar refractivity (Wildman–Crippen MR) is 69.2 cm³/mol. The standard InChI is InChI=1S/C14H19NO6/c1-13(2,3)21-12(18)15-6-14-5-4-7(20-14)8-9(14)11(17)19-10(8)16/h7-9H,4-6H2,1-3H3,(H,15,18)/t7-,8-,9+,14-/m0/s1. The fourth-order valence-electron chi connectivity index (χ4n) is 3.49. The smallest absolute Gasteiger partial charge is 0.407 e. The zero-order valence-corrected chi connectivity index (χ0v) is 12.3. The van der Waals surface area contributed by atoms with Crippen molar-refractivity contribution in [2.75, 3.05) is 6.54 Å². The summed E-state index contributed by atoms with van der Waals surface area (Å²) in [5.74, 6) is -2.18. The lowest BCUT2D eigenvalue weighted by Gasteiger charge is -2.30. The van der Waals surface area contributed by atoms with Crippen LogP contribution in [-0.2, 0) is 23.8 Å². The predicted octanol–water partition coefficient (Wildman–Crippen LogP) is 0.758. The zero-order chi connectivity index (χ0) is 15.4. The molecule has 1 N–H and O–H groups in total.